The van der Waals surface area contributed by atoms with Gasteiger partial charge in [-0.3, -0.25) is 0 Å². The van der Waals surface area contributed by atoms with Crippen LogP contribution in [0.3, 0.4) is 0 Å². The Kier molecular flexibility index (Phi) is 4.72. The molecule has 0 atom stereocenters. The number of rotatable bonds is 4. The smallest absolute Gasteiger partial charge is 0.210 e. The van der Waals surface area contributed by atoms with Gasteiger partial charge in [0.1, 0.15) is 4.90 Å². The molecular formula is C8H6Cl2N2O5S2. The molecule has 0 radical (unpaired) electrons. The molecule has 0 saturated carbocycles. The first-order valence-corrected chi connectivity index (χ1v) is 8.00. The summed E-state index contributed by atoms with van der Waals surface area (Å²) in [5.74, 6) is 0. The van der Waals surface area contributed by atoms with Crippen molar-refractivity contribution in [3.63, 3.8) is 0 Å². The molecule has 0 unspecified atom stereocenters. The number of hydrogen-bond donors (Lipinski definition) is 0. The maximum atomic E-state index is 12.0. The normalized spacial score (nSPS) is 12.2. The first kappa shape index (κ1) is 16.1. The Morgan fingerprint density at radius 2 is 1.79 bits per heavy atom. The maximum absolute atomic E-state index is 12.0. The monoisotopic (exact) mass is 344 g/mol. The van der Waals surface area contributed by atoms with Crippen LogP contribution in [-0.4, -0.2) is 33.7 Å². The molecule has 7 nitrogen and oxygen atoms in total. The zero-order valence-corrected chi connectivity index (χ0v) is 12.4. The highest BCUT2D eigenvalue weighted by atomic mass is 35.5. The van der Waals surface area contributed by atoms with E-state index in [4.69, 9.17) is 23.2 Å². The highest BCUT2D eigenvalue weighted by Gasteiger charge is 2.33. The minimum atomic E-state index is -4.70. The number of nitrogens with zero attached hydrogens (tertiary/aromatic N) is 2. The Bertz CT molecular complexity index is 753. The number of halogens is 2. The van der Waals surface area contributed by atoms with Gasteiger partial charge in [0.25, 0.3) is 16.1 Å². The Hall–Kier alpha value is -0.960. The van der Waals surface area contributed by atoms with Crippen molar-refractivity contribution in [1.29, 1.82) is 0 Å². The topological polar surface area (TPSA) is 101 Å². The standard InChI is InChI=1S/C8H6Cl2N2O5S2/c1-12(19(16,17)11-5-13)18(14,15)8-4-6(9)2-3-7(8)10/h2-4H,1H3. The summed E-state index contributed by atoms with van der Waals surface area (Å²) in [6, 6.07) is 3.51. The lowest BCUT2D eigenvalue weighted by molar-refractivity contribution is 0.526. The fraction of sp³-hybridized carbons (Fsp3) is 0.125. The molecule has 104 valence electrons. The Morgan fingerprint density at radius 1 is 1.21 bits per heavy atom. The predicted octanol–water partition coefficient (Wildman–Crippen LogP) is 1.19. The third-order valence-electron chi connectivity index (χ3n) is 1.99. The van der Waals surface area contributed by atoms with Crippen molar-refractivity contribution >= 4 is 49.5 Å². The second-order valence-electron chi connectivity index (χ2n) is 3.12. The molecule has 0 bridgehead atoms. The van der Waals surface area contributed by atoms with Gasteiger partial charge in [0, 0.05) is 12.1 Å². The molecule has 0 aliphatic heterocycles. The third-order valence-corrected chi connectivity index (χ3v) is 6.34. The molecule has 0 aliphatic carbocycles. The highest BCUT2D eigenvalue weighted by molar-refractivity contribution is 8.03. The minimum absolute atomic E-state index is 0.0488. The zero-order chi connectivity index (χ0) is 14.8. The number of benzene rings is 1. The van der Waals surface area contributed by atoms with Crippen molar-refractivity contribution in [1.82, 2.24) is 3.71 Å². The lowest BCUT2D eigenvalue weighted by atomic mass is 10.4. The van der Waals surface area contributed by atoms with Gasteiger partial charge in [0.05, 0.1) is 5.02 Å². The van der Waals surface area contributed by atoms with Crippen LogP contribution in [0.25, 0.3) is 0 Å². The third kappa shape index (κ3) is 3.33. The number of carbonyl (C=O) groups excluding carboxylic acids is 1. The number of hydrogen-bond acceptors (Lipinski definition) is 5. The molecule has 0 N–H and O–H groups in total. The van der Waals surface area contributed by atoms with Crippen LogP contribution in [0.1, 0.15) is 0 Å². The lowest BCUT2D eigenvalue weighted by Crippen LogP contribution is -2.32. The second-order valence-corrected chi connectivity index (χ2v) is 7.76. The Labute approximate surface area is 119 Å². The van der Waals surface area contributed by atoms with Gasteiger partial charge in [-0.2, -0.15) is 8.42 Å². The van der Waals surface area contributed by atoms with Gasteiger partial charge in [-0.1, -0.05) is 31.3 Å². The van der Waals surface area contributed by atoms with Gasteiger partial charge in [0.2, 0.25) is 0 Å². The van der Waals surface area contributed by atoms with Crippen molar-refractivity contribution in [3.05, 3.63) is 28.2 Å². The van der Waals surface area contributed by atoms with Gasteiger partial charge < -0.3 is 0 Å². The summed E-state index contributed by atoms with van der Waals surface area (Å²) >= 11 is 11.3. The summed E-state index contributed by atoms with van der Waals surface area (Å²) in [5, 5.41) is -0.172. The van der Waals surface area contributed by atoms with E-state index < -0.39 is 25.1 Å². The van der Waals surface area contributed by atoms with Crippen molar-refractivity contribution in [3.8, 4) is 0 Å². The van der Waals surface area contributed by atoms with Crippen LogP contribution in [0.2, 0.25) is 10.0 Å². The first-order valence-electron chi connectivity index (χ1n) is 4.41. The Balaban J connectivity index is 3.49. The van der Waals surface area contributed by atoms with E-state index in [0.717, 1.165) is 12.1 Å². The van der Waals surface area contributed by atoms with E-state index in [2.05, 4.69) is 4.40 Å². The van der Waals surface area contributed by atoms with Crippen LogP contribution in [0, 0.1) is 0 Å². The first-order chi connectivity index (χ1) is 8.63. The van der Waals surface area contributed by atoms with E-state index in [-0.39, 0.29) is 13.8 Å². The van der Waals surface area contributed by atoms with Crippen molar-refractivity contribution in [2.24, 2.45) is 4.40 Å². The molecule has 0 heterocycles. The molecule has 0 aliphatic rings. The molecule has 1 aromatic rings. The summed E-state index contributed by atoms with van der Waals surface area (Å²) in [6.45, 7) is 0. The molecule has 0 spiro atoms. The summed E-state index contributed by atoms with van der Waals surface area (Å²) in [6.07, 6.45) is 0.760. The van der Waals surface area contributed by atoms with Crippen LogP contribution in [-0.2, 0) is 25.0 Å². The summed E-state index contributed by atoms with van der Waals surface area (Å²) in [5.41, 5.74) is 0. The van der Waals surface area contributed by atoms with Crippen LogP contribution >= 0.6 is 23.2 Å². The van der Waals surface area contributed by atoms with Crippen LogP contribution in [0.5, 0.6) is 0 Å². The largest absolute Gasteiger partial charge is 0.345 e. The molecular weight excluding hydrogens is 339 g/mol. The van der Waals surface area contributed by atoms with Crippen molar-refractivity contribution in [2.75, 3.05) is 7.05 Å². The fourth-order valence-corrected chi connectivity index (χ4v) is 4.10. The number of isocyanates is 1. The van der Waals surface area contributed by atoms with Gasteiger partial charge in [0.15, 0.2) is 0 Å². The van der Waals surface area contributed by atoms with E-state index in [0.29, 0.717) is 7.05 Å². The highest BCUT2D eigenvalue weighted by Crippen LogP contribution is 2.28. The second kappa shape index (κ2) is 5.58. The molecule has 0 aromatic heterocycles. The minimum Gasteiger partial charge on any atom is -0.210 e. The van der Waals surface area contributed by atoms with Crippen LogP contribution < -0.4 is 0 Å². The van der Waals surface area contributed by atoms with E-state index in [1.54, 1.807) is 0 Å². The molecule has 11 heteroatoms. The van der Waals surface area contributed by atoms with Crippen molar-refractivity contribution in [2.45, 2.75) is 4.90 Å². The van der Waals surface area contributed by atoms with Crippen LogP contribution in [0.15, 0.2) is 27.5 Å². The van der Waals surface area contributed by atoms with Gasteiger partial charge in [-0.25, -0.2) is 13.2 Å². The van der Waals surface area contributed by atoms with E-state index in [9.17, 15) is 21.6 Å². The molecule has 1 aromatic carbocycles. The molecule has 19 heavy (non-hydrogen) atoms. The summed E-state index contributed by atoms with van der Waals surface area (Å²) in [7, 11) is -8.51. The summed E-state index contributed by atoms with van der Waals surface area (Å²) in [4.78, 5) is 9.45. The van der Waals surface area contributed by atoms with E-state index in [1.165, 1.54) is 12.1 Å². The van der Waals surface area contributed by atoms with Gasteiger partial charge in [-0.15, -0.1) is 0 Å². The van der Waals surface area contributed by atoms with Gasteiger partial charge in [-0.05, 0) is 18.2 Å². The molecule has 1 rings (SSSR count). The van der Waals surface area contributed by atoms with Gasteiger partial charge >= 0.3 is 10.2 Å². The lowest BCUT2D eigenvalue weighted by Gasteiger charge is -2.14. The fourth-order valence-electron chi connectivity index (χ4n) is 1.04. The SMILES string of the molecule is CN(S(=O)(=O)N=C=O)S(=O)(=O)c1cc(Cl)ccc1Cl. The predicted molar refractivity (Wildman–Crippen MR) is 68.5 cm³/mol. The molecule has 0 amide bonds. The molecule has 0 fully saturated rings. The average Bonchev–Trinajstić information content (AvgIpc) is 2.31. The Morgan fingerprint density at radius 3 is 2.32 bits per heavy atom. The van der Waals surface area contributed by atoms with E-state index >= 15 is 0 Å². The molecule has 0 saturated heterocycles. The van der Waals surface area contributed by atoms with Crippen LogP contribution in [0.4, 0.5) is 0 Å². The summed E-state index contributed by atoms with van der Waals surface area (Å²) < 4.78 is 49.2. The maximum Gasteiger partial charge on any atom is 0.345 e. The zero-order valence-electron chi connectivity index (χ0n) is 9.24. The quantitative estimate of drug-likeness (QED) is 0.603. The average molecular weight is 345 g/mol. The van der Waals surface area contributed by atoms with E-state index in [1.807, 2.05) is 0 Å². The number of sulfonamides is 1. The van der Waals surface area contributed by atoms with Crippen molar-refractivity contribution < 1.29 is 21.6 Å².